The molecule has 21 heavy (non-hydrogen) atoms. The largest absolute Gasteiger partial charge is 0.586 e. The van der Waals surface area contributed by atoms with Gasteiger partial charge in [0.2, 0.25) is 0 Å². The molecule has 1 aliphatic heterocycles. The third-order valence-electron chi connectivity index (χ3n) is 3.11. The highest BCUT2D eigenvalue weighted by atomic mass is 19.3. The van der Waals surface area contributed by atoms with Gasteiger partial charge in [-0.1, -0.05) is 6.92 Å². The Hall–Kier alpha value is -2.31. The highest BCUT2D eigenvalue weighted by molar-refractivity contribution is 5.56. The van der Waals surface area contributed by atoms with E-state index in [2.05, 4.69) is 26.8 Å². The Morgan fingerprint density at radius 1 is 1.24 bits per heavy atom. The summed E-state index contributed by atoms with van der Waals surface area (Å²) in [6, 6.07) is 6.55. The van der Waals surface area contributed by atoms with E-state index in [1.54, 1.807) is 12.3 Å². The van der Waals surface area contributed by atoms with Crippen LogP contribution in [0.1, 0.15) is 19.0 Å². The van der Waals surface area contributed by atoms with Gasteiger partial charge in [0.25, 0.3) is 0 Å². The molecule has 5 nitrogen and oxygen atoms in total. The van der Waals surface area contributed by atoms with E-state index in [0.29, 0.717) is 12.2 Å². The molecule has 2 aromatic rings. The van der Waals surface area contributed by atoms with E-state index >= 15 is 0 Å². The fraction of sp³-hybridized carbons (Fsp3) is 0.357. The summed E-state index contributed by atoms with van der Waals surface area (Å²) in [7, 11) is 0. The zero-order valence-electron chi connectivity index (χ0n) is 11.5. The van der Waals surface area contributed by atoms with Crippen molar-refractivity contribution in [1.29, 1.82) is 0 Å². The number of alkyl halides is 2. The van der Waals surface area contributed by atoms with E-state index in [9.17, 15) is 8.78 Å². The van der Waals surface area contributed by atoms with Gasteiger partial charge in [-0.2, -0.15) is 5.10 Å². The maximum atomic E-state index is 12.9. The molecule has 0 atom stereocenters. The van der Waals surface area contributed by atoms with Gasteiger partial charge in [-0.3, -0.25) is 4.68 Å². The summed E-state index contributed by atoms with van der Waals surface area (Å²) in [6.45, 7) is 3.48. The van der Waals surface area contributed by atoms with Crippen LogP contribution in [0.3, 0.4) is 0 Å². The molecule has 1 aromatic heterocycles. The molecular weight excluding hydrogens is 280 g/mol. The average Bonchev–Trinajstić information content (AvgIpc) is 2.98. The SMILES string of the molecule is CCCn1nccc1CNc1ccc2c(c1)OC(F)(F)O2. The van der Waals surface area contributed by atoms with Crippen LogP contribution in [0.2, 0.25) is 0 Å². The van der Waals surface area contributed by atoms with Crippen molar-refractivity contribution >= 4 is 5.69 Å². The third kappa shape index (κ3) is 2.91. The number of anilines is 1. The second-order valence-corrected chi connectivity index (χ2v) is 4.73. The van der Waals surface area contributed by atoms with Crippen molar-refractivity contribution in [2.45, 2.75) is 32.7 Å². The predicted octanol–water partition coefficient (Wildman–Crippen LogP) is 3.23. The zero-order valence-corrected chi connectivity index (χ0v) is 11.5. The Balaban J connectivity index is 1.68. The van der Waals surface area contributed by atoms with Crippen molar-refractivity contribution in [3.8, 4) is 11.5 Å². The van der Waals surface area contributed by atoms with Crippen LogP contribution in [-0.4, -0.2) is 16.1 Å². The number of benzene rings is 1. The number of nitrogens with zero attached hydrogens (tertiary/aromatic N) is 2. The van der Waals surface area contributed by atoms with Gasteiger partial charge < -0.3 is 14.8 Å². The molecule has 0 saturated carbocycles. The number of hydrogen-bond donors (Lipinski definition) is 1. The van der Waals surface area contributed by atoms with E-state index in [4.69, 9.17) is 0 Å². The second kappa shape index (κ2) is 5.23. The molecule has 0 saturated heterocycles. The lowest BCUT2D eigenvalue weighted by atomic mass is 10.2. The minimum Gasteiger partial charge on any atom is -0.395 e. The first-order valence-electron chi connectivity index (χ1n) is 6.72. The van der Waals surface area contributed by atoms with Gasteiger partial charge >= 0.3 is 6.29 Å². The lowest BCUT2D eigenvalue weighted by Gasteiger charge is -2.09. The topological polar surface area (TPSA) is 48.3 Å². The number of nitrogens with one attached hydrogen (secondary N) is 1. The smallest absolute Gasteiger partial charge is 0.395 e. The molecule has 3 rings (SSSR count). The van der Waals surface area contributed by atoms with E-state index in [0.717, 1.165) is 18.7 Å². The molecular formula is C14H15F2N3O2. The molecule has 2 heterocycles. The van der Waals surface area contributed by atoms with Crippen LogP contribution in [0.4, 0.5) is 14.5 Å². The van der Waals surface area contributed by atoms with E-state index in [-0.39, 0.29) is 11.5 Å². The predicted molar refractivity (Wildman–Crippen MR) is 72.5 cm³/mol. The minimum atomic E-state index is -3.58. The maximum absolute atomic E-state index is 12.9. The number of aromatic nitrogens is 2. The van der Waals surface area contributed by atoms with Crippen molar-refractivity contribution in [1.82, 2.24) is 9.78 Å². The van der Waals surface area contributed by atoms with Crippen LogP contribution in [0.25, 0.3) is 0 Å². The molecule has 0 unspecified atom stereocenters. The Bertz CT molecular complexity index is 643. The van der Waals surface area contributed by atoms with Gasteiger partial charge in [0, 0.05) is 24.5 Å². The van der Waals surface area contributed by atoms with Gasteiger partial charge in [0.15, 0.2) is 11.5 Å². The number of rotatable bonds is 5. The second-order valence-electron chi connectivity index (χ2n) is 4.73. The summed E-state index contributed by atoms with van der Waals surface area (Å²) in [5.74, 6) is 0.0774. The van der Waals surface area contributed by atoms with Crippen molar-refractivity contribution in [3.63, 3.8) is 0 Å². The Morgan fingerprint density at radius 3 is 2.86 bits per heavy atom. The Labute approximate surface area is 120 Å². The van der Waals surface area contributed by atoms with Crippen molar-refractivity contribution in [3.05, 3.63) is 36.2 Å². The van der Waals surface area contributed by atoms with Crippen LogP contribution >= 0.6 is 0 Å². The minimum absolute atomic E-state index is 0.0343. The molecule has 7 heteroatoms. The lowest BCUT2D eigenvalue weighted by molar-refractivity contribution is -0.286. The van der Waals surface area contributed by atoms with Gasteiger partial charge in [0.1, 0.15) is 0 Å². The number of aryl methyl sites for hydroxylation is 1. The molecule has 0 amide bonds. The van der Waals surface area contributed by atoms with Gasteiger partial charge in [0.05, 0.1) is 12.2 Å². The first kappa shape index (κ1) is 13.7. The molecule has 1 aliphatic rings. The molecule has 0 spiro atoms. The standard InChI is InChI=1S/C14H15F2N3O2/c1-2-7-19-11(5-6-18-19)9-17-10-3-4-12-13(8-10)21-14(15,16)20-12/h3-6,8,17H,2,7,9H2,1H3. The van der Waals surface area contributed by atoms with Crippen molar-refractivity contribution in [2.75, 3.05) is 5.32 Å². The van der Waals surface area contributed by atoms with Gasteiger partial charge in [-0.15, -0.1) is 8.78 Å². The van der Waals surface area contributed by atoms with Gasteiger partial charge in [-0.25, -0.2) is 0 Å². The summed E-state index contributed by atoms with van der Waals surface area (Å²) in [6.07, 6.45) is -0.846. The van der Waals surface area contributed by atoms with Gasteiger partial charge in [-0.05, 0) is 24.6 Å². The fourth-order valence-electron chi connectivity index (χ4n) is 2.17. The molecule has 0 radical (unpaired) electrons. The van der Waals surface area contributed by atoms with E-state index in [1.165, 1.54) is 12.1 Å². The van der Waals surface area contributed by atoms with Crippen LogP contribution in [0.15, 0.2) is 30.5 Å². The lowest BCUT2D eigenvalue weighted by Crippen LogP contribution is -2.25. The summed E-state index contributed by atoms with van der Waals surface area (Å²) in [4.78, 5) is 0. The average molecular weight is 295 g/mol. The fourth-order valence-corrected chi connectivity index (χ4v) is 2.17. The zero-order chi connectivity index (χ0) is 14.9. The molecule has 0 aliphatic carbocycles. The normalized spacial score (nSPS) is 15.2. The molecule has 0 bridgehead atoms. The third-order valence-corrected chi connectivity index (χ3v) is 3.11. The molecule has 0 fully saturated rings. The molecule has 1 aromatic carbocycles. The highest BCUT2D eigenvalue weighted by Gasteiger charge is 2.43. The molecule has 112 valence electrons. The van der Waals surface area contributed by atoms with Crippen LogP contribution in [-0.2, 0) is 13.1 Å². The summed E-state index contributed by atoms with van der Waals surface area (Å²) >= 11 is 0. The Kier molecular flexibility index (Phi) is 3.40. The number of ether oxygens (including phenoxy) is 2. The van der Waals surface area contributed by atoms with E-state index in [1.807, 2.05) is 10.7 Å². The number of halogens is 2. The summed E-state index contributed by atoms with van der Waals surface area (Å²) in [5.41, 5.74) is 1.71. The van der Waals surface area contributed by atoms with Crippen LogP contribution < -0.4 is 14.8 Å². The quantitative estimate of drug-likeness (QED) is 0.920. The summed E-state index contributed by atoms with van der Waals surface area (Å²) in [5, 5.41) is 7.39. The van der Waals surface area contributed by atoms with Crippen molar-refractivity contribution < 1.29 is 18.3 Å². The van der Waals surface area contributed by atoms with Crippen molar-refractivity contribution in [2.24, 2.45) is 0 Å². The molecule has 1 N–H and O–H groups in total. The number of hydrogen-bond acceptors (Lipinski definition) is 4. The number of fused-ring (bicyclic) bond motifs is 1. The first-order chi connectivity index (χ1) is 10.1. The maximum Gasteiger partial charge on any atom is 0.586 e. The van der Waals surface area contributed by atoms with Crippen LogP contribution in [0, 0.1) is 0 Å². The van der Waals surface area contributed by atoms with E-state index < -0.39 is 6.29 Å². The van der Waals surface area contributed by atoms with Crippen LogP contribution in [0.5, 0.6) is 11.5 Å². The Morgan fingerprint density at radius 2 is 2.05 bits per heavy atom. The monoisotopic (exact) mass is 295 g/mol. The summed E-state index contributed by atoms with van der Waals surface area (Å²) < 4.78 is 36.6. The highest BCUT2D eigenvalue weighted by Crippen LogP contribution is 2.42. The first-order valence-corrected chi connectivity index (χ1v) is 6.72.